The van der Waals surface area contributed by atoms with E-state index >= 15 is 0 Å². The number of amides is 2. The van der Waals surface area contributed by atoms with Crippen LogP contribution in [-0.4, -0.2) is 62.1 Å². The van der Waals surface area contributed by atoms with Crippen molar-refractivity contribution in [1.29, 1.82) is 0 Å². The van der Waals surface area contributed by atoms with Gasteiger partial charge in [-0.15, -0.1) is 0 Å². The maximum Gasteiger partial charge on any atom is 0.233 e. The minimum absolute atomic E-state index is 0.0509. The van der Waals surface area contributed by atoms with Gasteiger partial charge in [-0.1, -0.05) is 44.2 Å². The van der Waals surface area contributed by atoms with Crippen molar-refractivity contribution in [3.05, 3.63) is 35.9 Å². The van der Waals surface area contributed by atoms with Crippen molar-refractivity contribution < 1.29 is 14.4 Å². The highest BCUT2D eigenvalue weighted by molar-refractivity contribution is 5.82. The first-order valence-corrected chi connectivity index (χ1v) is 8.58. The molecule has 1 aliphatic rings. The SMILES string of the molecule is CC.CNC(=O)CN(C)C.O=CC1CC(=O)N(Cc2ccccc2)C1. The van der Waals surface area contributed by atoms with E-state index < -0.39 is 0 Å². The number of rotatable bonds is 5. The summed E-state index contributed by atoms with van der Waals surface area (Å²) in [5, 5.41) is 2.52. The summed E-state index contributed by atoms with van der Waals surface area (Å²) in [5.74, 6) is 0.0205. The molecule has 1 aromatic carbocycles. The number of hydrogen-bond acceptors (Lipinski definition) is 4. The van der Waals surface area contributed by atoms with Crippen LogP contribution in [-0.2, 0) is 20.9 Å². The average molecular weight is 349 g/mol. The zero-order valence-electron chi connectivity index (χ0n) is 16.0. The summed E-state index contributed by atoms with van der Waals surface area (Å²) in [6, 6.07) is 9.83. The van der Waals surface area contributed by atoms with E-state index in [1.165, 1.54) is 0 Å². The minimum Gasteiger partial charge on any atom is -0.358 e. The summed E-state index contributed by atoms with van der Waals surface area (Å²) < 4.78 is 0. The van der Waals surface area contributed by atoms with Crippen LogP contribution in [0.25, 0.3) is 0 Å². The van der Waals surface area contributed by atoms with E-state index in [4.69, 9.17) is 0 Å². The first-order chi connectivity index (χ1) is 12.0. The van der Waals surface area contributed by atoms with Crippen LogP contribution in [0.3, 0.4) is 0 Å². The van der Waals surface area contributed by atoms with Gasteiger partial charge in [-0.25, -0.2) is 0 Å². The van der Waals surface area contributed by atoms with E-state index in [1.807, 2.05) is 63.2 Å². The molecule has 140 valence electrons. The third-order valence-electron chi connectivity index (χ3n) is 3.39. The fourth-order valence-corrected chi connectivity index (χ4v) is 2.22. The van der Waals surface area contributed by atoms with Crippen LogP contribution in [0.5, 0.6) is 0 Å². The largest absolute Gasteiger partial charge is 0.358 e. The van der Waals surface area contributed by atoms with Gasteiger partial charge in [0.2, 0.25) is 11.8 Å². The van der Waals surface area contributed by atoms with Crippen LogP contribution >= 0.6 is 0 Å². The predicted molar refractivity (Wildman–Crippen MR) is 100.0 cm³/mol. The summed E-state index contributed by atoms with van der Waals surface area (Å²) in [6.07, 6.45) is 1.25. The van der Waals surface area contributed by atoms with Crippen LogP contribution in [0.15, 0.2) is 30.3 Å². The highest BCUT2D eigenvalue weighted by Crippen LogP contribution is 2.18. The van der Waals surface area contributed by atoms with Crippen molar-refractivity contribution >= 4 is 18.1 Å². The summed E-state index contributed by atoms with van der Waals surface area (Å²) in [5.41, 5.74) is 1.11. The third kappa shape index (κ3) is 9.62. The van der Waals surface area contributed by atoms with Gasteiger partial charge in [0.25, 0.3) is 0 Å². The second kappa shape index (κ2) is 13.1. The third-order valence-corrected chi connectivity index (χ3v) is 3.39. The minimum atomic E-state index is -0.110. The Bertz CT molecular complexity index is 518. The Balaban J connectivity index is 0.000000493. The van der Waals surface area contributed by atoms with Gasteiger partial charge in [-0.05, 0) is 19.7 Å². The lowest BCUT2D eigenvalue weighted by molar-refractivity contribution is -0.128. The molecule has 0 aromatic heterocycles. The van der Waals surface area contributed by atoms with Gasteiger partial charge in [-0.2, -0.15) is 0 Å². The predicted octanol–water partition coefficient (Wildman–Crippen LogP) is 1.55. The molecule has 25 heavy (non-hydrogen) atoms. The fourth-order valence-electron chi connectivity index (χ4n) is 2.22. The van der Waals surface area contributed by atoms with Crippen molar-refractivity contribution in [3.8, 4) is 0 Å². The fraction of sp³-hybridized carbons (Fsp3) is 0.526. The molecule has 0 saturated carbocycles. The number of carbonyl (C=O) groups excluding carboxylic acids is 3. The van der Waals surface area contributed by atoms with Gasteiger partial charge in [0.05, 0.1) is 6.54 Å². The number of nitrogens with zero attached hydrogens (tertiary/aromatic N) is 2. The molecule has 1 unspecified atom stereocenters. The lowest BCUT2D eigenvalue weighted by Crippen LogP contribution is -2.30. The second-order valence-corrected chi connectivity index (χ2v) is 5.77. The molecule has 1 fully saturated rings. The Morgan fingerprint density at radius 1 is 1.28 bits per heavy atom. The van der Waals surface area contributed by atoms with E-state index in [9.17, 15) is 14.4 Å². The molecule has 1 atom stereocenters. The molecular formula is C19H31N3O3. The monoisotopic (exact) mass is 349 g/mol. The molecule has 0 bridgehead atoms. The topological polar surface area (TPSA) is 69.7 Å². The maximum absolute atomic E-state index is 11.5. The van der Waals surface area contributed by atoms with Gasteiger partial charge in [0, 0.05) is 32.5 Å². The molecule has 1 aromatic rings. The zero-order valence-corrected chi connectivity index (χ0v) is 16.0. The average Bonchev–Trinajstić information content (AvgIpc) is 2.97. The Morgan fingerprint density at radius 3 is 2.28 bits per heavy atom. The molecule has 0 aliphatic carbocycles. The summed E-state index contributed by atoms with van der Waals surface area (Å²) in [4.78, 5) is 36.1. The summed E-state index contributed by atoms with van der Waals surface area (Å²) in [6.45, 7) is 5.65. The van der Waals surface area contributed by atoms with E-state index in [0.29, 0.717) is 26.1 Å². The lowest BCUT2D eigenvalue weighted by atomic mass is 10.1. The van der Waals surface area contributed by atoms with E-state index in [0.717, 1.165) is 11.8 Å². The van der Waals surface area contributed by atoms with Gasteiger partial charge in [0.15, 0.2) is 0 Å². The van der Waals surface area contributed by atoms with Gasteiger partial charge in [-0.3, -0.25) is 9.59 Å². The molecule has 2 amide bonds. The van der Waals surface area contributed by atoms with Crippen LogP contribution < -0.4 is 5.32 Å². The van der Waals surface area contributed by atoms with Gasteiger partial charge >= 0.3 is 0 Å². The van der Waals surface area contributed by atoms with Crippen LogP contribution in [0.2, 0.25) is 0 Å². The zero-order chi connectivity index (χ0) is 19.2. The van der Waals surface area contributed by atoms with Crippen LogP contribution in [0, 0.1) is 5.92 Å². The quantitative estimate of drug-likeness (QED) is 0.819. The standard InChI is InChI=1S/C12H13NO2.C5H12N2O.C2H6/c14-9-11-6-12(15)13(8-11)7-10-4-2-1-3-5-10;1-6-5(8)4-7(2)3;1-2/h1-5,9,11H,6-8H2;4H2,1-3H3,(H,6,8);1-2H3. The van der Waals surface area contributed by atoms with E-state index in [-0.39, 0.29) is 17.7 Å². The number of aldehydes is 1. The molecule has 0 spiro atoms. The lowest BCUT2D eigenvalue weighted by Gasteiger charge is -2.15. The summed E-state index contributed by atoms with van der Waals surface area (Å²) in [7, 11) is 5.34. The Hall–Kier alpha value is -2.21. The highest BCUT2D eigenvalue weighted by atomic mass is 16.2. The number of hydrogen-bond donors (Lipinski definition) is 1. The summed E-state index contributed by atoms with van der Waals surface area (Å²) >= 11 is 0. The number of carbonyl (C=O) groups is 3. The second-order valence-electron chi connectivity index (χ2n) is 5.77. The van der Waals surface area contributed by atoms with E-state index in [2.05, 4.69) is 5.32 Å². The molecule has 2 rings (SSSR count). The van der Waals surface area contributed by atoms with Crippen molar-refractivity contribution in [2.45, 2.75) is 26.8 Å². The van der Waals surface area contributed by atoms with Crippen molar-refractivity contribution in [2.75, 3.05) is 34.2 Å². The number of likely N-dealkylation sites (tertiary alicyclic amines) is 1. The maximum atomic E-state index is 11.5. The number of nitrogens with one attached hydrogen (secondary N) is 1. The molecule has 1 N–H and O–H groups in total. The first-order valence-electron chi connectivity index (χ1n) is 8.58. The van der Waals surface area contributed by atoms with Gasteiger partial charge < -0.3 is 19.9 Å². The number of likely N-dealkylation sites (N-methyl/N-ethyl adjacent to an activating group) is 2. The molecule has 6 heteroatoms. The Labute approximate surface area is 151 Å². The molecule has 1 heterocycles. The van der Waals surface area contributed by atoms with Crippen molar-refractivity contribution in [2.24, 2.45) is 5.92 Å². The molecule has 6 nitrogen and oxygen atoms in total. The molecular weight excluding hydrogens is 318 g/mol. The van der Waals surface area contributed by atoms with E-state index in [1.54, 1.807) is 11.9 Å². The first kappa shape index (κ1) is 22.8. The smallest absolute Gasteiger partial charge is 0.233 e. The van der Waals surface area contributed by atoms with Crippen molar-refractivity contribution in [3.63, 3.8) is 0 Å². The Morgan fingerprint density at radius 2 is 1.88 bits per heavy atom. The van der Waals surface area contributed by atoms with Crippen molar-refractivity contribution in [1.82, 2.24) is 15.1 Å². The molecule has 0 radical (unpaired) electrons. The molecule has 1 aliphatic heterocycles. The molecule has 1 saturated heterocycles. The van der Waals surface area contributed by atoms with Crippen LogP contribution in [0.4, 0.5) is 0 Å². The van der Waals surface area contributed by atoms with Gasteiger partial charge in [0.1, 0.15) is 6.29 Å². The highest BCUT2D eigenvalue weighted by Gasteiger charge is 2.28. The normalized spacial score (nSPS) is 15.7. The van der Waals surface area contributed by atoms with Crippen LogP contribution in [0.1, 0.15) is 25.8 Å². The Kier molecular flexibility index (Phi) is 12.0. The number of benzene rings is 1.